The van der Waals surface area contributed by atoms with Crippen molar-refractivity contribution < 1.29 is 9.18 Å². The zero-order valence-electron chi connectivity index (χ0n) is 9.28. The Hall–Kier alpha value is -1.20. The average molecular weight is 260 g/mol. The normalized spacial score (nSPS) is 19.2. The summed E-state index contributed by atoms with van der Waals surface area (Å²) < 4.78 is 12.6. The second-order valence-corrected chi connectivity index (χ2v) is 3.88. The number of amides is 1. The second kappa shape index (κ2) is 6.51. The summed E-state index contributed by atoms with van der Waals surface area (Å²) in [7, 11) is 0. The molecular formula is C11H15ClFN3O. The van der Waals surface area contributed by atoms with Crippen molar-refractivity contribution in [2.75, 3.05) is 13.1 Å². The number of carbonyl (C=O) groups is 1. The molecule has 0 saturated carbocycles. The molecular weight excluding hydrogens is 245 g/mol. The number of hydrogen-bond donors (Lipinski definition) is 2. The molecule has 2 heterocycles. The molecule has 1 amide bonds. The first-order valence-corrected chi connectivity index (χ1v) is 5.39. The summed E-state index contributed by atoms with van der Waals surface area (Å²) in [5, 5.41) is 6.07. The Kier molecular flexibility index (Phi) is 5.31. The molecule has 1 aliphatic rings. The molecule has 2 rings (SSSR count). The molecule has 0 bridgehead atoms. The predicted molar refractivity (Wildman–Crippen MR) is 64.8 cm³/mol. The van der Waals surface area contributed by atoms with Crippen molar-refractivity contribution in [1.82, 2.24) is 15.6 Å². The lowest BCUT2D eigenvalue weighted by molar-refractivity contribution is 0.0925. The van der Waals surface area contributed by atoms with Gasteiger partial charge in [-0.25, -0.2) is 9.37 Å². The standard InChI is InChI=1S/C11H14FN3O.ClH/c12-8-3-4-10(14-6-8)11(16)15-9-2-1-5-13-7-9;/h3-4,6,9,13H,1-2,5,7H2,(H,15,16);1H. The highest BCUT2D eigenvalue weighted by molar-refractivity contribution is 5.92. The van der Waals surface area contributed by atoms with Gasteiger partial charge in [-0.05, 0) is 31.5 Å². The van der Waals surface area contributed by atoms with E-state index in [0.717, 1.165) is 32.1 Å². The maximum absolute atomic E-state index is 12.6. The van der Waals surface area contributed by atoms with Gasteiger partial charge >= 0.3 is 0 Å². The Balaban J connectivity index is 0.00000144. The van der Waals surface area contributed by atoms with Gasteiger partial charge in [0.05, 0.1) is 6.20 Å². The number of piperidine rings is 1. The number of halogens is 2. The third-order valence-corrected chi connectivity index (χ3v) is 2.59. The molecule has 1 unspecified atom stereocenters. The number of pyridine rings is 1. The number of nitrogens with zero attached hydrogens (tertiary/aromatic N) is 1. The minimum absolute atomic E-state index is 0. The van der Waals surface area contributed by atoms with Gasteiger partial charge in [0.2, 0.25) is 0 Å². The van der Waals surface area contributed by atoms with Gasteiger partial charge in [-0.3, -0.25) is 4.79 Å². The van der Waals surface area contributed by atoms with E-state index in [-0.39, 0.29) is 30.0 Å². The molecule has 1 aliphatic heterocycles. The summed E-state index contributed by atoms with van der Waals surface area (Å²) in [6.07, 6.45) is 3.08. The fourth-order valence-corrected chi connectivity index (χ4v) is 1.74. The van der Waals surface area contributed by atoms with Gasteiger partial charge in [0.25, 0.3) is 5.91 Å². The topological polar surface area (TPSA) is 54.0 Å². The Bertz CT molecular complexity index is 365. The van der Waals surface area contributed by atoms with Crippen molar-refractivity contribution in [1.29, 1.82) is 0 Å². The van der Waals surface area contributed by atoms with E-state index in [4.69, 9.17) is 0 Å². The van der Waals surface area contributed by atoms with Gasteiger partial charge in [0, 0.05) is 12.6 Å². The van der Waals surface area contributed by atoms with Crippen LogP contribution in [0.2, 0.25) is 0 Å². The number of nitrogens with one attached hydrogen (secondary N) is 2. The zero-order valence-corrected chi connectivity index (χ0v) is 10.1. The summed E-state index contributed by atoms with van der Waals surface area (Å²) >= 11 is 0. The molecule has 0 aliphatic carbocycles. The first-order valence-electron chi connectivity index (χ1n) is 5.39. The third-order valence-electron chi connectivity index (χ3n) is 2.59. The zero-order chi connectivity index (χ0) is 11.4. The van der Waals surface area contributed by atoms with Crippen LogP contribution >= 0.6 is 12.4 Å². The quantitative estimate of drug-likeness (QED) is 0.837. The van der Waals surface area contributed by atoms with Crippen molar-refractivity contribution in [2.45, 2.75) is 18.9 Å². The summed E-state index contributed by atoms with van der Waals surface area (Å²) in [4.78, 5) is 15.4. The Labute approximate surface area is 105 Å². The number of aromatic nitrogens is 1. The van der Waals surface area contributed by atoms with Crippen LogP contribution in [0.5, 0.6) is 0 Å². The molecule has 2 N–H and O–H groups in total. The van der Waals surface area contributed by atoms with Crippen LogP contribution in [0, 0.1) is 5.82 Å². The first-order chi connectivity index (χ1) is 7.75. The molecule has 0 aromatic carbocycles. The predicted octanol–water partition coefficient (Wildman–Crippen LogP) is 1.12. The van der Waals surface area contributed by atoms with E-state index in [1.807, 2.05) is 0 Å². The smallest absolute Gasteiger partial charge is 0.270 e. The van der Waals surface area contributed by atoms with E-state index in [1.54, 1.807) is 0 Å². The lowest BCUT2D eigenvalue weighted by atomic mass is 10.1. The van der Waals surface area contributed by atoms with Crippen LogP contribution in [-0.4, -0.2) is 30.0 Å². The maximum atomic E-state index is 12.6. The average Bonchev–Trinajstić information content (AvgIpc) is 2.31. The van der Waals surface area contributed by atoms with E-state index < -0.39 is 5.82 Å². The third kappa shape index (κ3) is 3.94. The molecule has 17 heavy (non-hydrogen) atoms. The summed E-state index contributed by atoms with van der Waals surface area (Å²) in [6, 6.07) is 2.77. The summed E-state index contributed by atoms with van der Waals surface area (Å²) in [5.74, 6) is -0.676. The van der Waals surface area contributed by atoms with Gasteiger partial charge in [-0.1, -0.05) is 0 Å². The van der Waals surface area contributed by atoms with Gasteiger partial charge in [0.1, 0.15) is 11.5 Å². The van der Waals surface area contributed by atoms with Gasteiger partial charge < -0.3 is 10.6 Å². The molecule has 0 radical (unpaired) electrons. The highest BCUT2D eigenvalue weighted by Crippen LogP contribution is 2.03. The molecule has 6 heteroatoms. The van der Waals surface area contributed by atoms with Crippen LogP contribution in [0.1, 0.15) is 23.3 Å². The fourth-order valence-electron chi connectivity index (χ4n) is 1.74. The molecule has 1 aromatic heterocycles. The molecule has 1 fully saturated rings. The largest absolute Gasteiger partial charge is 0.347 e. The molecule has 1 saturated heterocycles. The SMILES string of the molecule is Cl.O=C(NC1CCCNC1)c1ccc(F)cn1. The molecule has 0 spiro atoms. The van der Waals surface area contributed by atoms with Crippen molar-refractivity contribution >= 4 is 18.3 Å². The summed E-state index contributed by atoms with van der Waals surface area (Å²) in [6.45, 7) is 1.79. The highest BCUT2D eigenvalue weighted by Gasteiger charge is 2.16. The minimum Gasteiger partial charge on any atom is -0.347 e. The van der Waals surface area contributed by atoms with Crippen molar-refractivity contribution in [3.8, 4) is 0 Å². The van der Waals surface area contributed by atoms with Gasteiger partial charge in [0.15, 0.2) is 0 Å². The van der Waals surface area contributed by atoms with Crippen LogP contribution in [-0.2, 0) is 0 Å². The molecule has 94 valence electrons. The molecule has 1 aromatic rings. The van der Waals surface area contributed by atoms with E-state index in [0.29, 0.717) is 0 Å². The van der Waals surface area contributed by atoms with Crippen LogP contribution in [0.4, 0.5) is 4.39 Å². The van der Waals surface area contributed by atoms with E-state index in [9.17, 15) is 9.18 Å². The van der Waals surface area contributed by atoms with Crippen molar-refractivity contribution in [3.05, 3.63) is 29.8 Å². The fraction of sp³-hybridized carbons (Fsp3) is 0.455. The van der Waals surface area contributed by atoms with E-state index in [2.05, 4.69) is 15.6 Å². The van der Waals surface area contributed by atoms with Crippen LogP contribution in [0.25, 0.3) is 0 Å². The first kappa shape index (κ1) is 13.9. The number of hydrogen-bond acceptors (Lipinski definition) is 3. The monoisotopic (exact) mass is 259 g/mol. The van der Waals surface area contributed by atoms with Gasteiger partial charge in [-0.2, -0.15) is 0 Å². The highest BCUT2D eigenvalue weighted by atomic mass is 35.5. The summed E-state index contributed by atoms with van der Waals surface area (Å²) in [5.41, 5.74) is 0.256. The second-order valence-electron chi connectivity index (χ2n) is 3.88. The van der Waals surface area contributed by atoms with Crippen LogP contribution < -0.4 is 10.6 Å². The van der Waals surface area contributed by atoms with Crippen LogP contribution in [0.3, 0.4) is 0 Å². The van der Waals surface area contributed by atoms with E-state index in [1.165, 1.54) is 12.1 Å². The Morgan fingerprint density at radius 3 is 2.94 bits per heavy atom. The number of rotatable bonds is 2. The molecule has 4 nitrogen and oxygen atoms in total. The Morgan fingerprint density at radius 1 is 1.53 bits per heavy atom. The lowest BCUT2D eigenvalue weighted by Crippen LogP contribution is -2.45. The van der Waals surface area contributed by atoms with Crippen molar-refractivity contribution in [3.63, 3.8) is 0 Å². The van der Waals surface area contributed by atoms with Crippen molar-refractivity contribution in [2.24, 2.45) is 0 Å². The number of carbonyl (C=O) groups excluding carboxylic acids is 1. The van der Waals surface area contributed by atoms with Crippen LogP contribution in [0.15, 0.2) is 18.3 Å². The maximum Gasteiger partial charge on any atom is 0.270 e. The van der Waals surface area contributed by atoms with E-state index >= 15 is 0 Å². The molecule has 1 atom stereocenters. The lowest BCUT2D eigenvalue weighted by Gasteiger charge is -2.23. The Morgan fingerprint density at radius 2 is 2.35 bits per heavy atom. The minimum atomic E-state index is -0.434. The van der Waals surface area contributed by atoms with Gasteiger partial charge in [-0.15, -0.1) is 12.4 Å².